The van der Waals surface area contributed by atoms with Crippen molar-refractivity contribution >= 4 is 38.6 Å². The highest BCUT2D eigenvalue weighted by molar-refractivity contribution is 7.92. The summed E-state index contributed by atoms with van der Waals surface area (Å²) in [6, 6.07) is 6.79. The molecule has 3 rings (SSSR count). The smallest absolute Gasteiger partial charge is 0.267 e. The molecule has 2 aromatic heterocycles. The molecule has 0 spiro atoms. The van der Waals surface area contributed by atoms with Crippen LogP contribution in [-0.4, -0.2) is 31.4 Å². The van der Waals surface area contributed by atoms with Crippen LogP contribution >= 0.6 is 11.3 Å². The minimum absolute atomic E-state index is 0.0737. The fourth-order valence-corrected chi connectivity index (χ4v) is 4.69. The minimum Gasteiger partial charge on any atom is -0.480 e. The van der Waals surface area contributed by atoms with Crippen molar-refractivity contribution in [3.8, 4) is 5.88 Å². The molecule has 0 fully saturated rings. The Morgan fingerprint density at radius 1 is 1.10 bits per heavy atom. The summed E-state index contributed by atoms with van der Waals surface area (Å²) in [6.45, 7) is 5.42. The van der Waals surface area contributed by atoms with Crippen molar-refractivity contribution in [1.82, 2.24) is 9.97 Å². The number of anilines is 2. The number of aromatic nitrogens is 2. The van der Waals surface area contributed by atoms with Gasteiger partial charge in [0.05, 0.1) is 35.9 Å². The molecular weight excluding hydrogens is 412 g/mol. The quantitative estimate of drug-likeness (QED) is 0.617. The molecule has 0 saturated heterocycles. The summed E-state index contributed by atoms with van der Waals surface area (Å²) in [7, 11) is -2.69. The first-order valence-corrected chi connectivity index (χ1v) is 10.9. The zero-order valence-electron chi connectivity index (χ0n) is 16.3. The Morgan fingerprint density at radius 2 is 1.79 bits per heavy atom. The number of rotatable bonds is 6. The number of methoxy groups -OCH3 is 1. The van der Waals surface area contributed by atoms with Crippen molar-refractivity contribution in [3.05, 3.63) is 57.7 Å². The van der Waals surface area contributed by atoms with E-state index < -0.39 is 15.9 Å². The fourth-order valence-electron chi connectivity index (χ4n) is 2.67. The van der Waals surface area contributed by atoms with E-state index in [-0.39, 0.29) is 16.5 Å². The number of carbonyl (C=O) groups is 1. The molecule has 152 valence electrons. The first kappa shape index (κ1) is 20.7. The third-order valence-electron chi connectivity index (χ3n) is 4.12. The van der Waals surface area contributed by atoms with Gasteiger partial charge in [-0.3, -0.25) is 9.52 Å². The SMILES string of the molecule is COc1ncc(NC(=O)c2cnc(C)s2)cc1S(=O)(=O)Nc1c(C)cccc1C. The summed E-state index contributed by atoms with van der Waals surface area (Å²) in [5, 5.41) is 3.40. The molecular formula is C19H20N4O4S2. The number of sulfonamides is 1. The second kappa shape index (κ2) is 8.18. The first-order chi connectivity index (χ1) is 13.7. The Kier molecular flexibility index (Phi) is 5.85. The largest absolute Gasteiger partial charge is 0.480 e. The van der Waals surface area contributed by atoms with Crippen LogP contribution in [0.4, 0.5) is 11.4 Å². The van der Waals surface area contributed by atoms with E-state index in [0.29, 0.717) is 10.6 Å². The zero-order chi connectivity index (χ0) is 21.2. The van der Waals surface area contributed by atoms with E-state index in [1.54, 1.807) is 6.92 Å². The molecule has 3 aromatic rings. The average molecular weight is 433 g/mol. The number of hydrogen-bond acceptors (Lipinski definition) is 7. The summed E-state index contributed by atoms with van der Waals surface area (Å²) in [5.74, 6) is -0.469. The topological polar surface area (TPSA) is 110 Å². The predicted molar refractivity (Wildman–Crippen MR) is 112 cm³/mol. The molecule has 2 N–H and O–H groups in total. The van der Waals surface area contributed by atoms with Crippen molar-refractivity contribution in [2.75, 3.05) is 17.1 Å². The molecule has 0 aliphatic heterocycles. The second-order valence-corrected chi connectivity index (χ2v) is 9.19. The van der Waals surface area contributed by atoms with Gasteiger partial charge in [0.15, 0.2) is 4.90 Å². The molecule has 10 heteroatoms. The zero-order valence-corrected chi connectivity index (χ0v) is 17.9. The molecule has 8 nitrogen and oxygen atoms in total. The van der Waals surface area contributed by atoms with Crippen LogP contribution in [0.5, 0.6) is 5.88 Å². The van der Waals surface area contributed by atoms with Crippen molar-refractivity contribution in [3.63, 3.8) is 0 Å². The van der Waals surface area contributed by atoms with Crippen LogP contribution < -0.4 is 14.8 Å². The van der Waals surface area contributed by atoms with Crippen LogP contribution in [0, 0.1) is 20.8 Å². The second-order valence-electron chi connectivity index (χ2n) is 6.30. The summed E-state index contributed by atoms with van der Waals surface area (Å²) >= 11 is 1.24. The Bertz CT molecular complexity index is 1150. The monoisotopic (exact) mass is 432 g/mol. The number of nitrogens with one attached hydrogen (secondary N) is 2. The molecule has 0 atom stereocenters. The van der Waals surface area contributed by atoms with Gasteiger partial charge < -0.3 is 10.1 Å². The Balaban J connectivity index is 1.95. The number of pyridine rings is 1. The lowest BCUT2D eigenvalue weighted by atomic mass is 10.1. The highest BCUT2D eigenvalue weighted by atomic mass is 32.2. The number of hydrogen-bond donors (Lipinski definition) is 2. The van der Waals surface area contributed by atoms with E-state index in [4.69, 9.17) is 4.74 Å². The Labute approximate surface area is 173 Å². The summed E-state index contributed by atoms with van der Waals surface area (Å²) in [4.78, 5) is 20.7. The standard InChI is InChI=1S/C19H20N4O4S2/c1-11-6-5-7-12(2)17(11)23-29(25,26)16-8-14(9-21-19(16)27-4)22-18(24)15-10-20-13(3)28-15/h5-10,23H,1-4H3,(H,22,24). The van der Waals surface area contributed by atoms with Crippen LogP contribution in [0.25, 0.3) is 0 Å². The van der Waals surface area contributed by atoms with Gasteiger partial charge in [-0.1, -0.05) is 18.2 Å². The van der Waals surface area contributed by atoms with Crippen molar-refractivity contribution in [2.45, 2.75) is 25.7 Å². The summed E-state index contributed by atoms with van der Waals surface area (Å²) in [6.07, 6.45) is 2.80. The van der Waals surface area contributed by atoms with E-state index in [2.05, 4.69) is 20.0 Å². The molecule has 0 unspecified atom stereocenters. The maximum atomic E-state index is 13.0. The molecule has 1 amide bonds. The number of nitrogens with zero attached hydrogens (tertiary/aromatic N) is 2. The Morgan fingerprint density at radius 3 is 2.38 bits per heavy atom. The number of aryl methyl sites for hydroxylation is 3. The van der Waals surface area contributed by atoms with E-state index in [9.17, 15) is 13.2 Å². The van der Waals surface area contributed by atoms with Crippen LogP contribution in [0.1, 0.15) is 25.8 Å². The van der Waals surface area contributed by atoms with Gasteiger partial charge in [0.1, 0.15) is 4.88 Å². The number of thiazole rings is 1. The van der Waals surface area contributed by atoms with Crippen LogP contribution in [0.3, 0.4) is 0 Å². The fraction of sp³-hybridized carbons (Fsp3) is 0.211. The first-order valence-electron chi connectivity index (χ1n) is 8.58. The van der Waals surface area contributed by atoms with Gasteiger partial charge >= 0.3 is 0 Å². The number of para-hydroxylation sites is 1. The average Bonchev–Trinajstić information content (AvgIpc) is 3.11. The Hall–Kier alpha value is -2.98. The van der Waals surface area contributed by atoms with E-state index in [0.717, 1.165) is 16.1 Å². The molecule has 0 aliphatic rings. The predicted octanol–water partition coefficient (Wildman–Crippen LogP) is 3.53. The summed E-state index contributed by atoms with van der Waals surface area (Å²) in [5.41, 5.74) is 2.28. The maximum Gasteiger partial charge on any atom is 0.267 e. The molecule has 0 aliphatic carbocycles. The molecule has 29 heavy (non-hydrogen) atoms. The number of ether oxygens (including phenoxy) is 1. The van der Waals surface area contributed by atoms with Crippen molar-refractivity contribution in [1.29, 1.82) is 0 Å². The van der Waals surface area contributed by atoms with Crippen molar-refractivity contribution < 1.29 is 17.9 Å². The van der Waals surface area contributed by atoms with Gasteiger partial charge in [0, 0.05) is 0 Å². The van der Waals surface area contributed by atoms with Gasteiger partial charge in [-0.15, -0.1) is 11.3 Å². The number of benzene rings is 1. The van der Waals surface area contributed by atoms with Crippen LogP contribution in [0.2, 0.25) is 0 Å². The molecule has 0 bridgehead atoms. The molecule has 1 aromatic carbocycles. The molecule has 0 saturated carbocycles. The number of carbonyl (C=O) groups excluding carboxylic acids is 1. The van der Waals surface area contributed by atoms with E-state index in [1.807, 2.05) is 32.0 Å². The van der Waals surface area contributed by atoms with Crippen LogP contribution in [0.15, 0.2) is 41.6 Å². The van der Waals surface area contributed by atoms with Gasteiger partial charge in [0.25, 0.3) is 15.9 Å². The molecule has 0 radical (unpaired) electrons. The number of amides is 1. The lowest BCUT2D eigenvalue weighted by Gasteiger charge is -2.15. The van der Waals surface area contributed by atoms with Crippen LogP contribution in [-0.2, 0) is 10.0 Å². The van der Waals surface area contributed by atoms with Gasteiger partial charge in [-0.25, -0.2) is 18.4 Å². The normalized spacial score (nSPS) is 11.2. The lowest BCUT2D eigenvalue weighted by Crippen LogP contribution is -2.17. The maximum absolute atomic E-state index is 13.0. The van der Waals surface area contributed by atoms with E-state index in [1.165, 1.54) is 36.9 Å². The van der Waals surface area contributed by atoms with Gasteiger partial charge in [-0.05, 0) is 38.0 Å². The van der Waals surface area contributed by atoms with Crippen molar-refractivity contribution in [2.24, 2.45) is 0 Å². The molecule has 2 heterocycles. The third-order valence-corrected chi connectivity index (χ3v) is 6.38. The highest BCUT2D eigenvalue weighted by Crippen LogP contribution is 2.29. The van der Waals surface area contributed by atoms with Gasteiger partial charge in [-0.2, -0.15) is 0 Å². The third kappa shape index (κ3) is 4.54. The highest BCUT2D eigenvalue weighted by Gasteiger charge is 2.23. The van der Waals surface area contributed by atoms with E-state index >= 15 is 0 Å². The minimum atomic E-state index is -4.02. The summed E-state index contributed by atoms with van der Waals surface area (Å²) < 4.78 is 33.8. The lowest BCUT2D eigenvalue weighted by molar-refractivity contribution is 0.103. The van der Waals surface area contributed by atoms with Gasteiger partial charge in [0.2, 0.25) is 5.88 Å².